The van der Waals surface area contributed by atoms with Gasteiger partial charge in [-0.1, -0.05) is 6.07 Å². The molecular weight excluding hydrogens is 324 g/mol. The minimum absolute atomic E-state index is 0.0646. The van der Waals surface area contributed by atoms with Gasteiger partial charge in [-0.25, -0.2) is 4.98 Å². The van der Waals surface area contributed by atoms with Crippen LogP contribution in [-0.2, 0) is 11.2 Å². The number of carbonyl (C=O) groups is 1. The SMILES string of the molecule is CN(CC1(O)CCN(c2cnccn2)C1)C(=O)CCc1cccs1. The van der Waals surface area contributed by atoms with Crippen molar-refractivity contribution in [1.29, 1.82) is 0 Å². The Morgan fingerprint density at radius 1 is 1.50 bits per heavy atom. The highest BCUT2D eigenvalue weighted by atomic mass is 32.1. The minimum Gasteiger partial charge on any atom is -0.386 e. The summed E-state index contributed by atoms with van der Waals surface area (Å²) in [6.07, 6.45) is 6.82. The molecule has 0 bridgehead atoms. The van der Waals surface area contributed by atoms with Crippen molar-refractivity contribution in [2.24, 2.45) is 0 Å². The first-order chi connectivity index (χ1) is 11.6. The van der Waals surface area contributed by atoms with Gasteiger partial charge in [0.25, 0.3) is 0 Å². The van der Waals surface area contributed by atoms with E-state index in [1.807, 2.05) is 22.4 Å². The molecule has 24 heavy (non-hydrogen) atoms. The Morgan fingerprint density at radius 2 is 2.38 bits per heavy atom. The van der Waals surface area contributed by atoms with Gasteiger partial charge in [-0.2, -0.15) is 0 Å². The normalized spacial score (nSPS) is 20.3. The Balaban J connectivity index is 1.52. The summed E-state index contributed by atoms with van der Waals surface area (Å²) in [5.74, 6) is 0.829. The number of aromatic nitrogens is 2. The molecule has 1 N–H and O–H groups in total. The van der Waals surface area contributed by atoms with Crippen LogP contribution in [0.3, 0.4) is 0 Å². The fraction of sp³-hybridized carbons (Fsp3) is 0.471. The van der Waals surface area contributed by atoms with Crippen LogP contribution in [0.5, 0.6) is 0 Å². The maximum atomic E-state index is 12.3. The standard InChI is InChI=1S/C17H22N4O2S/c1-20(16(22)5-4-14-3-2-10-24-14)12-17(23)6-9-21(13-17)15-11-18-7-8-19-15/h2-3,7-8,10-11,23H,4-6,9,12-13H2,1H3. The largest absolute Gasteiger partial charge is 0.386 e. The van der Waals surface area contributed by atoms with Gasteiger partial charge in [-0.15, -0.1) is 11.3 Å². The zero-order valence-corrected chi connectivity index (χ0v) is 14.6. The van der Waals surface area contributed by atoms with Crippen molar-refractivity contribution in [3.63, 3.8) is 0 Å². The van der Waals surface area contributed by atoms with Crippen LogP contribution in [0.2, 0.25) is 0 Å². The fourth-order valence-corrected chi connectivity index (χ4v) is 3.75. The van der Waals surface area contributed by atoms with Gasteiger partial charge in [0.05, 0.1) is 12.7 Å². The summed E-state index contributed by atoms with van der Waals surface area (Å²) in [7, 11) is 1.76. The molecule has 6 nitrogen and oxygen atoms in total. The third-order valence-corrected chi connectivity index (χ3v) is 5.26. The molecule has 3 heterocycles. The van der Waals surface area contributed by atoms with Crippen molar-refractivity contribution in [3.8, 4) is 0 Å². The molecular formula is C17H22N4O2S. The van der Waals surface area contributed by atoms with Gasteiger partial charge in [-0.05, 0) is 24.3 Å². The molecule has 1 atom stereocenters. The summed E-state index contributed by atoms with van der Waals surface area (Å²) in [6.45, 7) is 1.52. The predicted molar refractivity (Wildman–Crippen MR) is 94.1 cm³/mol. The van der Waals surface area contributed by atoms with E-state index in [1.165, 1.54) is 4.88 Å². The number of carbonyl (C=O) groups excluding carboxylic acids is 1. The predicted octanol–water partition coefficient (Wildman–Crippen LogP) is 1.57. The van der Waals surface area contributed by atoms with Gasteiger partial charge in [0.1, 0.15) is 11.4 Å². The van der Waals surface area contributed by atoms with Crippen molar-refractivity contribution in [2.75, 3.05) is 31.6 Å². The van der Waals surface area contributed by atoms with Gasteiger partial charge in [0.2, 0.25) is 5.91 Å². The average molecular weight is 346 g/mol. The molecule has 0 saturated carbocycles. The van der Waals surface area contributed by atoms with Gasteiger partial charge >= 0.3 is 0 Å². The maximum absolute atomic E-state index is 12.3. The van der Waals surface area contributed by atoms with Crippen LogP contribution in [0, 0.1) is 0 Å². The molecule has 0 radical (unpaired) electrons. The number of anilines is 1. The van der Waals surface area contributed by atoms with Crippen molar-refractivity contribution in [3.05, 3.63) is 41.0 Å². The molecule has 0 aliphatic carbocycles. The topological polar surface area (TPSA) is 69.6 Å². The lowest BCUT2D eigenvalue weighted by Gasteiger charge is -2.29. The summed E-state index contributed by atoms with van der Waals surface area (Å²) in [4.78, 5) is 25.5. The summed E-state index contributed by atoms with van der Waals surface area (Å²) >= 11 is 1.67. The van der Waals surface area contributed by atoms with E-state index >= 15 is 0 Å². The van der Waals surface area contributed by atoms with E-state index in [0.717, 1.165) is 12.2 Å². The third kappa shape index (κ3) is 4.10. The Morgan fingerprint density at radius 3 is 3.08 bits per heavy atom. The molecule has 1 fully saturated rings. The Bertz CT molecular complexity index is 664. The van der Waals surface area contributed by atoms with Crippen LogP contribution in [0.15, 0.2) is 36.1 Å². The van der Waals surface area contributed by atoms with Crippen molar-refractivity contribution < 1.29 is 9.90 Å². The first-order valence-corrected chi connectivity index (χ1v) is 8.93. The van der Waals surface area contributed by atoms with Gasteiger partial charge in [0.15, 0.2) is 0 Å². The number of nitrogens with zero attached hydrogens (tertiary/aromatic N) is 4. The number of likely N-dealkylation sites (N-methyl/N-ethyl adjacent to an activating group) is 1. The van der Waals surface area contributed by atoms with Crippen LogP contribution in [-0.4, -0.2) is 58.2 Å². The Hall–Kier alpha value is -1.99. The minimum atomic E-state index is -0.898. The number of hydrogen-bond acceptors (Lipinski definition) is 6. The number of β-amino-alcohol motifs (C(OH)–C–C–N with tert-alkyl or cyclic N) is 1. The zero-order valence-electron chi connectivity index (χ0n) is 13.8. The van der Waals surface area contributed by atoms with Crippen molar-refractivity contribution >= 4 is 23.1 Å². The molecule has 2 aromatic heterocycles. The number of rotatable bonds is 6. The highest BCUT2D eigenvalue weighted by molar-refractivity contribution is 7.09. The second-order valence-electron chi connectivity index (χ2n) is 6.29. The lowest BCUT2D eigenvalue weighted by Crippen LogP contribution is -2.46. The summed E-state index contributed by atoms with van der Waals surface area (Å²) in [5, 5.41) is 12.8. The number of aryl methyl sites for hydroxylation is 1. The van der Waals surface area contributed by atoms with Crippen LogP contribution >= 0.6 is 11.3 Å². The van der Waals surface area contributed by atoms with Crippen LogP contribution < -0.4 is 4.90 Å². The highest BCUT2D eigenvalue weighted by Crippen LogP contribution is 2.26. The number of hydrogen-bond donors (Lipinski definition) is 1. The lowest BCUT2D eigenvalue weighted by atomic mass is 10.0. The zero-order chi connectivity index (χ0) is 17.0. The molecule has 0 spiro atoms. The van der Waals surface area contributed by atoms with E-state index in [0.29, 0.717) is 32.5 Å². The third-order valence-electron chi connectivity index (χ3n) is 4.33. The highest BCUT2D eigenvalue weighted by Gasteiger charge is 2.38. The van der Waals surface area contributed by atoms with Crippen molar-refractivity contribution in [1.82, 2.24) is 14.9 Å². The first kappa shape index (κ1) is 16.9. The van der Waals surface area contributed by atoms with Crippen LogP contribution in [0.25, 0.3) is 0 Å². The molecule has 1 aliphatic heterocycles. The lowest BCUT2D eigenvalue weighted by molar-refractivity contribution is -0.132. The summed E-state index contributed by atoms with van der Waals surface area (Å²) < 4.78 is 0. The van der Waals surface area contributed by atoms with E-state index in [2.05, 4.69) is 9.97 Å². The average Bonchev–Trinajstić information content (AvgIpc) is 3.23. The Labute approximate surface area is 145 Å². The van der Waals surface area contributed by atoms with Gasteiger partial charge in [-0.3, -0.25) is 9.78 Å². The molecule has 128 valence electrons. The molecule has 1 amide bonds. The fourth-order valence-electron chi connectivity index (χ4n) is 3.04. The summed E-state index contributed by atoms with van der Waals surface area (Å²) in [6, 6.07) is 4.04. The number of thiophene rings is 1. The second kappa shape index (κ2) is 7.27. The molecule has 1 unspecified atom stereocenters. The molecule has 2 aromatic rings. The van der Waals surface area contributed by atoms with E-state index in [4.69, 9.17) is 0 Å². The quantitative estimate of drug-likeness (QED) is 0.860. The molecule has 1 aliphatic rings. The molecule has 7 heteroatoms. The maximum Gasteiger partial charge on any atom is 0.222 e. The second-order valence-corrected chi connectivity index (χ2v) is 7.32. The van der Waals surface area contributed by atoms with Crippen LogP contribution in [0.1, 0.15) is 17.7 Å². The summed E-state index contributed by atoms with van der Waals surface area (Å²) in [5.41, 5.74) is -0.898. The van der Waals surface area contributed by atoms with E-state index in [-0.39, 0.29) is 5.91 Å². The number of amides is 1. The Kier molecular flexibility index (Phi) is 5.11. The first-order valence-electron chi connectivity index (χ1n) is 8.05. The van der Waals surface area contributed by atoms with E-state index in [9.17, 15) is 9.90 Å². The monoisotopic (exact) mass is 346 g/mol. The van der Waals surface area contributed by atoms with Crippen LogP contribution in [0.4, 0.5) is 5.82 Å². The molecule has 0 aromatic carbocycles. The van der Waals surface area contributed by atoms with E-state index < -0.39 is 5.60 Å². The molecule has 1 saturated heterocycles. The van der Waals surface area contributed by atoms with Gasteiger partial charge in [0, 0.05) is 43.8 Å². The van der Waals surface area contributed by atoms with E-state index in [1.54, 1.807) is 41.9 Å². The smallest absolute Gasteiger partial charge is 0.222 e. The van der Waals surface area contributed by atoms with Crippen molar-refractivity contribution in [2.45, 2.75) is 24.9 Å². The number of aliphatic hydroxyl groups is 1. The molecule has 3 rings (SSSR count). The van der Waals surface area contributed by atoms with Gasteiger partial charge < -0.3 is 14.9 Å².